The number of morpholine rings is 1. The summed E-state index contributed by atoms with van der Waals surface area (Å²) in [6, 6.07) is 12.4. The van der Waals surface area contributed by atoms with E-state index in [1.54, 1.807) is 0 Å². The summed E-state index contributed by atoms with van der Waals surface area (Å²) in [7, 11) is 0. The highest BCUT2D eigenvalue weighted by Gasteiger charge is 2.36. The smallest absolute Gasteiger partial charge is 0.220 e. The third kappa shape index (κ3) is 5.03. The number of hydrogen-bond acceptors (Lipinski definition) is 4. The van der Waals surface area contributed by atoms with Crippen LogP contribution in [0.1, 0.15) is 48.3 Å². The van der Waals surface area contributed by atoms with Crippen molar-refractivity contribution in [1.82, 2.24) is 10.2 Å². The minimum atomic E-state index is 0.0684. The third-order valence-electron chi connectivity index (χ3n) is 5.85. The average Bonchev–Trinajstić information content (AvgIpc) is 3.26. The molecule has 5 nitrogen and oxygen atoms in total. The predicted octanol–water partition coefficient (Wildman–Crippen LogP) is 3.48. The molecule has 1 N–H and O–H groups in total. The van der Waals surface area contributed by atoms with Gasteiger partial charge in [0.15, 0.2) is 0 Å². The van der Waals surface area contributed by atoms with Gasteiger partial charge < -0.3 is 14.5 Å². The Balaban J connectivity index is 1.24. The first-order valence-corrected chi connectivity index (χ1v) is 10.4. The number of nitrogens with one attached hydrogen (secondary N) is 1. The topological polar surface area (TPSA) is 54.7 Å². The van der Waals surface area contributed by atoms with Crippen LogP contribution >= 0.6 is 0 Å². The van der Waals surface area contributed by atoms with Crippen LogP contribution in [0, 0.1) is 5.92 Å². The van der Waals surface area contributed by atoms with Gasteiger partial charge in [-0.05, 0) is 35.6 Å². The van der Waals surface area contributed by atoms with Gasteiger partial charge in [0.25, 0.3) is 0 Å². The van der Waals surface area contributed by atoms with Crippen LogP contribution in [0.3, 0.4) is 0 Å². The predicted molar refractivity (Wildman–Crippen MR) is 108 cm³/mol. The molecular formula is C23H30N2O3. The lowest BCUT2D eigenvalue weighted by molar-refractivity contribution is -0.121. The molecule has 1 amide bonds. The molecule has 1 aromatic heterocycles. The van der Waals surface area contributed by atoms with E-state index >= 15 is 0 Å². The fraction of sp³-hybridized carbons (Fsp3) is 0.522. The number of carbonyl (C=O) groups is 1. The number of aryl methyl sites for hydroxylation is 1. The highest BCUT2D eigenvalue weighted by Crippen LogP contribution is 2.47. The number of hydrogen-bond donors (Lipinski definition) is 1. The Morgan fingerprint density at radius 1 is 1.14 bits per heavy atom. The molecular weight excluding hydrogens is 352 g/mol. The van der Waals surface area contributed by atoms with E-state index in [1.165, 1.54) is 17.5 Å². The van der Waals surface area contributed by atoms with Crippen LogP contribution in [0.5, 0.6) is 0 Å². The van der Waals surface area contributed by atoms with Crippen molar-refractivity contribution in [3.8, 4) is 0 Å². The fourth-order valence-electron chi connectivity index (χ4n) is 3.85. The Kier molecular flexibility index (Phi) is 6.13. The van der Waals surface area contributed by atoms with Crippen molar-refractivity contribution in [2.75, 3.05) is 26.3 Å². The van der Waals surface area contributed by atoms with Crippen LogP contribution in [0.25, 0.3) is 0 Å². The molecule has 2 heterocycles. The van der Waals surface area contributed by atoms with Crippen LogP contribution in [0.4, 0.5) is 0 Å². The van der Waals surface area contributed by atoms with Crippen LogP contribution < -0.4 is 5.32 Å². The largest absolute Gasteiger partial charge is 0.466 e. The molecule has 150 valence electrons. The van der Waals surface area contributed by atoms with E-state index in [2.05, 4.69) is 41.4 Å². The molecule has 2 atom stereocenters. The van der Waals surface area contributed by atoms with Crippen molar-refractivity contribution in [2.24, 2.45) is 5.92 Å². The number of ether oxygens (including phenoxy) is 1. The second-order valence-electron chi connectivity index (χ2n) is 8.06. The standard InChI is InChI=1S/C23H30N2O3/c1-17-14-21(17)22-8-6-20(28-22)7-9-23(26)24-15-18-4-2-3-5-19(18)16-25-10-12-27-13-11-25/h2-6,8,17,21H,7,9-16H2,1H3,(H,24,26). The van der Waals surface area contributed by atoms with Gasteiger partial charge in [-0.15, -0.1) is 0 Å². The van der Waals surface area contributed by atoms with Gasteiger partial charge in [0.1, 0.15) is 11.5 Å². The summed E-state index contributed by atoms with van der Waals surface area (Å²) in [5.41, 5.74) is 2.46. The quantitative estimate of drug-likeness (QED) is 0.759. The van der Waals surface area contributed by atoms with E-state index in [4.69, 9.17) is 9.15 Å². The van der Waals surface area contributed by atoms with Gasteiger partial charge >= 0.3 is 0 Å². The zero-order chi connectivity index (χ0) is 19.3. The Labute approximate surface area is 167 Å². The van der Waals surface area contributed by atoms with Gasteiger partial charge in [-0.3, -0.25) is 9.69 Å². The van der Waals surface area contributed by atoms with E-state index in [0.29, 0.717) is 25.3 Å². The maximum atomic E-state index is 12.3. The van der Waals surface area contributed by atoms with Crippen molar-refractivity contribution in [3.05, 3.63) is 59.0 Å². The molecule has 1 saturated carbocycles. The van der Waals surface area contributed by atoms with Crippen LogP contribution in [0.15, 0.2) is 40.8 Å². The number of benzene rings is 1. The summed E-state index contributed by atoms with van der Waals surface area (Å²) in [6.45, 7) is 7.25. The summed E-state index contributed by atoms with van der Waals surface area (Å²) in [5, 5.41) is 3.07. The second kappa shape index (κ2) is 8.93. The monoisotopic (exact) mass is 382 g/mol. The van der Waals surface area contributed by atoms with Gasteiger partial charge in [-0.2, -0.15) is 0 Å². The van der Waals surface area contributed by atoms with Gasteiger partial charge in [0, 0.05) is 44.9 Å². The molecule has 1 aromatic carbocycles. The highest BCUT2D eigenvalue weighted by atomic mass is 16.5. The molecule has 2 aromatic rings. The van der Waals surface area contributed by atoms with Gasteiger partial charge in [-0.25, -0.2) is 0 Å². The van der Waals surface area contributed by atoms with Crippen LogP contribution in [-0.2, 0) is 29.0 Å². The lowest BCUT2D eigenvalue weighted by atomic mass is 10.1. The summed E-state index contributed by atoms with van der Waals surface area (Å²) >= 11 is 0. The van der Waals surface area contributed by atoms with Crippen LogP contribution in [0.2, 0.25) is 0 Å². The Hall–Kier alpha value is -2.11. The Bertz CT molecular complexity index is 795. The summed E-state index contributed by atoms with van der Waals surface area (Å²) in [6.07, 6.45) is 2.33. The van der Waals surface area contributed by atoms with E-state index in [-0.39, 0.29) is 5.91 Å². The maximum absolute atomic E-state index is 12.3. The third-order valence-corrected chi connectivity index (χ3v) is 5.85. The number of carbonyl (C=O) groups excluding carboxylic acids is 1. The van der Waals surface area contributed by atoms with Crippen LogP contribution in [-0.4, -0.2) is 37.1 Å². The zero-order valence-electron chi connectivity index (χ0n) is 16.7. The van der Waals surface area contributed by atoms with Crippen molar-refractivity contribution < 1.29 is 13.9 Å². The number of rotatable bonds is 8. The van der Waals surface area contributed by atoms with Crippen molar-refractivity contribution in [1.29, 1.82) is 0 Å². The van der Waals surface area contributed by atoms with Crippen molar-refractivity contribution in [2.45, 2.75) is 45.2 Å². The van der Waals surface area contributed by atoms with Gasteiger partial charge in [0.2, 0.25) is 5.91 Å². The SMILES string of the molecule is CC1CC1c1ccc(CCC(=O)NCc2ccccc2CN2CCOCC2)o1. The average molecular weight is 383 g/mol. The van der Waals surface area contributed by atoms with E-state index in [0.717, 1.165) is 50.3 Å². The zero-order valence-corrected chi connectivity index (χ0v) is 16.7. The van der Waals surface area contributed by atoms with Crippen molar-refractivity contribution in [3.63, 3.8) is 0 Å². The molecule has 2 unspecified atom stereocenters. The lowest BCUT2D eigenvalue weighted by Gasteiger charge is -2.27. The minimum absolute atomic E-state index is 0.0684. The molecule has 2 aliphatic rings. The first-order valence-electron chi connectivity index (χ1n) is 10.4. The molecule has 2 fully saturated rings. The first-order chi connectivity index (χ1) is 13.7. The molecule has 1 aliphatic carbocycles. The normalized spacial score (nSPS) is 22.2. The lowest BCUT2D eigenvalue weighted by Crippen LogP contribution is -2.36. The summed E-state index contributed by atoms with van der Waals surface area (Å²) < 4.78 is 11.3. The molecule has 28 heavy (non-hydrogen) atoms. The molecule has 0 radical (unpaired) electrons. The van der Waals surface area contributed by atoms with E-state index < -0.39 is 0 Å². The highest BCUT2D eigenvalue weighted by molar-refractivity contribution is 5.76. The Morgan fingerprint density at radius 2 is 1.89 bits per heavy atom. The fourth-order valence-corrected chi connectivity index (χ4v) is 3.85. The number of nitrogens with zero attached hydrogens (tertiary/aromatic N) is 1. The molecule has 0 spiro atoms. The molecule has 0 bridgehead atoms. The van der Waals surface area contributed by atoms with Gasteiger partial charge in [-0.1, -0.05) is 31.2 Å². The number of amides is 1. The second-order valence-corrected chi connectivity index (χ2v) is 8.06. The Morgan fingerprint density at radius 3 is 2.64 bits per heavy atom. The summed E-state index contributed by atoms with van der Waals surface area (Å²) in [5.74, 6) is 3.39. The van der Waals surface area contributed by atoms with Crippen molar-refractivity contribution >= 4 is 5.91 Å². The molecule has 1 saturated heterocycles. The summed E-state index contributed by atoms with van der Waals surface area (Å²) in [4.78, 5) is 14.7. The minimum Gasteiger partial charge on any atom is -0.466 e. The molecule has 5 heteroatoms. The maximum Gasteiger partial charge on any atom is 0.220 e. The molecule has 4 rings (SSSR count). The molecule has 1 aliphatic heterocycles. The van der Waals surface area contributed by atoms with Gasteiger partial charge in [0.05, 0.1) is 13.2 Å². The first kappa shape index (κ1) is 19.2. The van der Waals surface area contributed by atoms with E-state index in [9.17, 15) is 4.79 Å². The van der Waals surface area contributed by atoms with E-state index in [1.807, 2.05) is 12.1 Å². The number of furan rings is 1.